The Hall–Kier alpha value is -4.32. The molecule has 0 aliphatic carbocycles. The number of carbonyl (C=O) groups excluding carboxylic acids is 1. The van der Waals surface area contributed by atoms with Gasteiger partial charge in [-0.15, -0.1) is 0 Å². The van der Waals surface area contributed by atoms with Crippen molar-refractivity contribution in [1.29, 1.82) is 0 Å². The third-order valence-corrected chi connectivity index (χ3v) is 5.92. The van der Waals surface area contributed by atoms with E-state index < -0.39 is 23.6 Å². The van der Waals surface area contributed by atoms with Crippen LogP contribution in [0.15, 0.2) is 76.9 Å². The summed E-state index contributed by atoms with van der Waals surface area (Å²) in [5.41, 5.74) is 3.19. The van der Waals surface area contributed by atoms with Gasteiger partial charge >= 0.3 is 18.1 Å². The van der Waals surface area contributed by atoms with Gasteiger partial charge in [0.2, 0.25) is 0 Å². The Morgan fingerprint density at radius 3 is 2.46 bits per heavy atom. The van der Waals surface area contributed by atoms with Gasteiger partial charge in [0, 0.05) is 11.3 Å². The largest absolute Gasteiger partial charge is 0.505 e. The smallest absolute Gasteiger partial charge is 0.416 e. The highest BCUT2D eigenvalue weighted by atomic mass is 32.2. The molecule has 0 saturated heterocycles. The van der Waals surface area contributed by atoms with Gasteiger partial charge in [0.05, 0.1) is 22.5 Å². The van der Waals surface area contributed by atoms with Crippen LogP contribution in [-0.4, -0.2) is 45.5 Å². The van der Waals surface area contributed by atoms with E-state index in [-0.39, 0.29) is 28.4 Å². The SMILES string of the molecule is CSCC1=NN(c2ccc(C(F)(F)F)cc2)C(=O)/C1=N\Nc1cccc(-c2cccc(C(=O)O)c2)c1O. The van der Waals surface area contributed by atoms with E-state index in [0.717, 1.165) is 29.3 Å². The number of aromatic hydroxyl groups is 1. The molecule has 0 fully saturated rings. The molecule has 190 valence electrons. The van der Waals surface area contributed by atoms with Gasteiger partial charge < -0.3 is 10.2 Å². The number of alkyl halides is 3. The molecule has 3 aromatic carbocycles. The normalized spacial score (nSPS) is 14.7. The second-order valence-electron chi connectivity index (χ2n) is 7.80. The monoisotopic (exact) mass is 528 g/mol. The Bertz CT molecular complexity index is 1420. The van der Waals surface area contributed by atoms with Crippen molar-refractivity contribution in [2.45, 2.75) is 6.18 Å². The van der Waals surface area contributed by atoms with Crippen molar-refractivity contribution < 1.29 is 33.0 Å². The molecule has 37 heavy (non-hydrogen) atoms. The van der Waals surface area contributed by atoms with Gasteiger partial charge in [0.15, 0.2) is 5.71 Å². The first-order valence-corrected chi connectivity index (χ1v) is 12.1. The van der Waals surface area contributed by atoms with Crippen LogP contribution in [0, 0.1) is 0 Å². The molecule has 0 bridgehead atoms. The number of nitrogens with one attached hydrogen (secondary N) is 1. The molecule has 1 aliphatic heterocycles. The van der Waals surface area contributed by atoms with Crippen molar-refractivity contribution in [3.63, 3.8) is 0 Å². The van der Waals surface area contributed by atoms with E-state index >= 15 is 0 Å². The number of phenolic OH excluding ortho intramolecular Hbond substituents is 1. The number of aromatic carboxylic acids is 1. The highest BCUT2D eigenvalue weighted by Gasteiger charge is 2.34. The highest BCUT2D eigenvalue weighted by Crippen LogP contribution is 2.36. The van der Waals surface area contributed by atoms with Gasteiger partial charge in [-0.05, 0) is 54.3 Å². The summed E-state index contributed by atoms with van der Waals surface area (Å²) in [6, 6.07) is 14.8. The summed E-state index contributed by atoms with van der Waals surface area (Å²) in [6.45, 7) is 0. The predicted octanol–water partition coefficient (Wildman–Crippen LogP) is 5.31. The maximum Gasteiger partial charge on any atom is 0.416 e. The van der Waals surface area contributed by atoms with Crippen LogP contribution in [0.5, 0.6) is 5.75 Å². The van der Waals surface area contributed by atoms with Crippen molar-refractivity contribution >= 4 is 46.4 Å². The van der Waals surface area contributed by atoms with Crippen molar-refractivity contribution in [2.24, 2.45) is 10.2 Å². The minimum atomic E-state index is -4.51. The molecule has 12 heteroatoms. The zero-order valence-corrected chi connectivity index (χ0v) is 20.0. The van der Waals surface area contributed by atoms with E-state index in [9.17, 15) is 33.0 Å². The lowest BCUT2D eigenvalue weighted by Gasteiger charge is -2.13. The first kappa shape index (κ1) is 25.8. The molecule has 4 rings (SSSR count). The third kappa shape index (κ3) is 5.43. The molecule has 3 N–H and O–H groups in total. The number of carboxylic acids is 1. The molecule has 0 radical (unpaired) electrons. The van der Waals surface area contributed by atoms with Crippen LogP contribution in [0.4, 0.5) is 24.5 Å². The summed E-state index contributed by atoms with van der Waals surface area (Å²) in [4.78, 5) is 24.4. The van der Waals surface area contributed by atoms with Crippen molar-refractivity contribution in [3.8, 4) is 16.9 Å². The van der Waals surface area contributed by atoms with Crippen LogP contribution in [0.2, 0.25) is 0 Å². The molecular formula is C25H19F3N4O4S. The number of halogens is 3. The molecule has 0 saturated carbocycles. The van der Waals surface area contributed by atoms with Crippen LogP contribution in [0.25, 0.3) is 11.1 Å². The Labute approximate surface area is 213 Å². The Kier molecular flexibility index (Phi) is 7.21. The number of carbonyl (C=O) groups is 2. The fraction of sp³-hybridized carbons (Fsp3) is 0.120. The third-order valence-electron chi connectivity index (χ3n) is 5.35. The lowest BCUT2D eigenvalue weighted by molar-refractivity contribution is -0.137. The maximum absolute atomic E-state index is 13.1. The van der Waals surface area contributed by atoms with E-state index in [4.69, 9.17) is 0 Å². The van der Waals surface area contributed by atoms with Crippen LogP contribution >= 0.6 is 11.8 Å². The molecule has 3 aromatic rings. The van der Waals surface area contributed by atoms with Gasteiger partial charge in [0.25, 0.3) is 0 Å². The topological polar surface area (TPSA) is 115 Å². The van der Waals surface area contributed by atoms with Gasteiger partial charge in [-0.1, -0.05) is 24.3 Å². The van der Waals surface area contributed by atoms with Gasteiger partial charge in [-0.3, -0.25) is 10.2 Å². The first-order chi connectivity index (χ1) is 17.6. The van der Waals surface area contributed by atoms with E-state index in [2.05, 4.69) is 15.6 Å². The fourth-order valence-electron chi connectivity index (χ4n) is 3.55. The number of hydrazone groups is 2. The number of phenols is 1. The number of thioether (sulfide) groups is 1. The average molecular weight is 529 g/mol. The number of para-hydroxylation sites is 1. The fourth-order valence-corrected chi connectivity index (χ4v) is 4.02. The standard InChI is InChI=1S/C25H19F3N4O4S/c1-37-13-20-21(23(34)32(31-20)17-10-8-16(9-11-17)25(26,27)28)30-29-19-7-3-6-18(22(19)33)14-4-2-5-15(12-14)24(35)36/h2-12,29,33H,13H2,1H3,(H,35,36)/b30-21-. The zero-order valence-electron chi connectivity index (χ0n) is 19.2. The Balaban J connectivity index is 1.62. The number of hydrogen-bond acceptors (Lipinski definition) is 7. The van der Waals surface area contributed by atoms with Crippen LogP contribution in [-0.2, 0) is 11.0 Å². The van der Waals surface area contributed by atoms with E-state index in [1.54, 1.807) is 30.5 Å². The van der Waals surface area contributed by atoms with Crippen LogP contribution in [0.3, 0.4) is 0 Å². The van der Waals surface area contributed by atoms with Crippen molar-refractivity contribution in [1.82, 2.24) is 0 Å². The van der Waals surface area contributed by atoms with Gasteiger partial charge in [-0.25, -0.2) is 4.79 Å². The summed E-state index contributed by atoms with van der Waals surface area (Å²) >= 11 is 1.37. The molecule has 1 amide bonds. The number of anilines is 2. The Morgan fingerprint density at radius 2 is 1.81 bits per heavy atom. The molecule has 1 heterocycles. The molecule has 8 nitrogen and oxygen atoms in total. The van der Waals surface area contributed by atoms with E-state index in [0.29, 0.717) is 22.6 Å². The van der Waals surface area contributed by atoms with Crippen molar-refractivity contribution in [3.05, 3.63) is 77.9 Å². The summed E-state index contributed by atoms with van der Waals surface area (Å²) in [6.07, 6.45) is -2.72. The summed E-state index contributed by atoms with van der Waals surface area (Å²) in [7, 11) is 0. The maximum atomic E-state index is 13.1. The lowest BCUT2D eigenvalue weighted by atomic mass is 10.0. The molecular weight excluding hydrogens is 509 g/mol. The highest BCUT2D eigenvalue weighted by molar-refractivity contribution is 7.99. The minimum Gasteiger partial charge on any atom is -0.505 e. The summed E-state index contributed by atoms with van der Waals surface area (Å²) < 4.78 is 38.7. The Morgan fingerprint density at radius 1 is 1.11 bits per heavy atom. The molecule has 0 unspecified atom stereocenters. The average Bonchev–Trinajstić information content (AvgIpc) is 3.18. The lowest BCUT2D eigenvalue weighted by Crippen LogP contribution is -2.29. The van der Waals surface area contributed by atoms with Crippen LogP contribution < -0.4 is 10.4 Å². The number of amides is 1. The number of benzene rings is 3. The minimum absolute atomic E-state index is 0.0494. The summed E-state index contributed by atoms with van der Waals surface area (Å²) in [5.74, 6) is -1.68. The van der Waals surface area contributed by atoms with E-state index in [1.807, 2.05) is 0 Å². The summed E-state index contributed by atoms with van der Waals surface area (Å²) in [5, 5.41) is 29.4. The molecule has 0 atom stereocenters. The quantitative estimate of drug-likeness (QED) is 0.283. The zero-order chi connectivity index (χ0) is 26.7. The van der Waals surface area contributed by atoms with Gasteiger partial charge in [-0.2, -0.15) is 40.1 Å². The number of carboxylic acid groups (broad SMARTS) is 1. The first-order valence-electron chi connectivity index (χ1n) is 10.7. The van der Waals surface area contributed by atoms with E-state index in [1.165, 1.54) is 30.0 Å². The number of nitrogens with zero attached hydrogens (tertiary/aromatic N) is 3. The van der Waals surface area contributed by atoms with Crippen molar-refractivity contribution in [2.75, 3.05) is 22.4 Å². The number of hydrogen-bond donors (Lipinski definition) is 3. The molecule has 0 aromatic heterocycles. The second-order valence-corrected chi connectivity index (χ2v) is 8.67. The second kappa shape index (κ2) is 10.3. The predicted molar refractivity (Wildman–Crippen MR) is 136 cm³/mol. The van der Waals surface area contributed by atoms with Gasteiger partial charge in [0.1, 0.15) is 11.5 Å². The molecule has 0 spiro atoms. The molecule has 1 aliphatic rings. The van der Waals surface area contributed by atoms with Crippen LogP contribution in [0.1, 0.15) is 15.9 Å². The number of rotatable bonds is 7.